The van der Waals surface area contributed by atoms with Gasteiger partial charge in [-0.1, -0.05) is 56.8 Å². The van der Waals surface area contributed by atoms with Crippen molar-refractivity contribution in [1.82, 2.24) is 15.2 Å². The minimum Gasteiger partial charge on any atom is -0.293 e. The van der Waals surface area contributed by atoms with Gasteiger partial charge in [0.1, 0.15) is 5.82 Å². The van der Waals surface area contributed by atoms with Crippen molar-refractivity contribution >= 4 is 17.5 Å². The number of carbonyl (C=O) groups excluding carboxylic acids is 1. The van der Waals surface area contributed by atoms with E-state index in [1.807, 2.05) is 31.2 Å². The van der Waals surface area contributed by atoms with Gasteiger partial charge in [0.25, 0.3) is 0 Å². The number of hydrogen-bond acceptors (Lipinski definition) is 4. The number of H-pyrrole nitrogens is 1. The maximum Gasteiger partial charge on any atom is 0.208 e. The molecule has 2 aromatic rings. The van der Waals surface area contributed by atoms with Crippen LogP contribution in [0.15, 0.2) is 29.4 Å². The number of aromatic amines is 1. The quantitative estimate of drug-likeness (QED) is 0.653. The summed E-state index contributed by atoms with van der Waals surface area (Å²) in [5, 5.41) is 7.54. The lowest BCUT2D eigenvalue weighted by molar-refractivity contribution is 0.102. The van der Waals surface area contributed by atoms with Crippen LogP contribution in [0.25, 0.3) is 0 Å². The van der Waals surface area contributed by atoms with Crippen molar-refractivity contribution in [3.05, 3.63) is 41.2 Å². The normalized spacial score (nSPS) is 11.0. The zero-order valence-corrected chi connectivity index (χ0v) is 12.8. The van der Waals surface area contributed by atoms with Gasteiger partial charge in [0.15, 0.2) is 5.78 Å². The maximum atomic E-state index is 12.1. The van der Waals surface area contributed by atoms with Gasteiger partial charge in [0, 0.05) is 12.0 Å². The minimum absolute atomic E-state index is 0.105. The average Bonchev–Trinajstić information content (AvgIpc) is 2.93. The Bertz CT molecular complexity index is 575. The van der Waals surface area contributed by atoms with Crippen LogP contribution in [0.5, 0.6) is 0 Å². The monoisotopic (exact) mass is 289 g/mol. The molecule has 0 aliphatic rings. The van der Waals surface area contributed by atoms with Crippen molar-refractivity contribution < 1.29 is 4.79 Å². The summed E-state index contributed by atoms with van der Waals surface area (Å²) < 4.78 is 0. The van der Waals surface area contributed by atoms with E-state index in [-0.39, 0.29) is 5.78 Å². The van der Waals surface area contributed by atoms with Gasteiger partial charge in [0.2, 0.25) is 5.16 Å². The molecule has 0 saturated heterocycles. The maximum absolute atomic E-state index is 12.1. The molecule has 0 radical (unpaired) electrons. The zero-order valence-electron chi connectivity index (χ0n) is 12.0. The van der Waals surface area contributed by atoms with Crippen LogP contribution in [-0.2, 0) is 6.42 Å². The Morgan fingerprint density at radius 1 is 1.30 bits per heavy atom. The van der Waals surface area contributed by atoms with Crippen LogP contribution in [0.2, 0.25) is 0 Å². The highest BCUT2D eigenvalue weighted by molar-refractivity contribution is 7.99. The number of ketones is 1. The highest BCUT2D eigenvalue weighted by Crippen LogP contribution is 2.18. The standard InChI is InChI=1S/C15H19N3OS/c1-4-14-16-15(18-17-14)20-9-13(19)12-7-5-11(6-8-12)10(2)3/h5-8,10H,4,9H2,1-3H3,(H,16,17,18). The molecule has 1 aromatic heterocycles. The summed E-state index contributed by atoms with van der Waals surface area (Å²) in [5.74, 6) is 1.80. The van der Waals surface area contributed by atoms with E-state index in [0.717, 1.165) is 17.8 Å². The average molecular weight is 289 g/mol. The highest BCUT2D eigenvalue weighted by atomic mass is 32.2. The first kappa shape index (κ1) is 14.8. The predicted molar refractivity (Wildman–Crippen MR) is 81.3 cm³/mol. The van der Waals surface area contributed by atoms with Gasteiger partial charge in [0.05, 0.1) is 5.75 Å². The van der Waals surface area contributed by atoms with Gasteiger partial charge in [-0.05, 0) is 11.5 Å². The van der Waals surface area contributed by atoms with Crippen LogP contribution in [-0.4, -0.2) is 26.7 Å². The lowest BCUT2D eigenvalue weighted by Gasteiger charge is -2.05. The first-order valence-corrected chi connectivity index (χ1v) is 7.76. The van der Waals surface area contributed by atoms with Gasteiger partial charge in [-0.2, -0.15) is 0 Å². The van der Waals surface area contributed by atoms with Crippen LogP contribution in [0.4, 0.5) is 0 Å². The third-order valence-electron chi connectivity index (χ3n) is 3.08. The first-order chi connectivity index (χ1) is 9.60. The smallest absolute Gasteiger partial charge is 0.208 e. The van der Waals surface area contributed by atoms with Crippen LogP contribution in [0.1, 0.15) is 48.4 Å². The molecule has 1 N–H and O–H groups in total. The van der Waals surface area contributed by atoms with E-state index >= 15 is 0 Å². The van der Waals surface area contributed by atoms with Gasteiger partial charge in [-0.15, -0.1) is 5.10 Å². The molecule has 0 aliphatic carbocycles. The van der Waals surface area contributed by atoms with E-state index in [1.165, 1.54) is 17.3 Å². The summed E-state index contributed by atoms with van der Waals surface area (Å²) in [6.07, 6.45) is 0.818. The molecule has 0 spiro atoms. The molecular weight excluding hydrogens is 270 g/mol. The van der Waals surface area contributed by atoms with E-state index in [9.17, 15) is 4.79 Å². The van der Waals surface area contributed by atoms with Crippen molar-refractivity contribution in [3.63, 3.8) is 0 Å². The van der Waals surface area contributed by atoms with E-state index in [0.29, 0.717) is 16.8 Å². The Morgan fingerprint density at radius 3 is 2.55 bits per heavy atom. The number of aromatic nitrogens is 3. The van der Waals surface area contributed by atoms with Gasteiger partial charge < -0.3 is 0 Å². The number of aryl methyl sites for hydroxylation is 1. The summed E-state index contributed by atoms with van der Waals surface area (Å²) in [7, 11) is 0. The van der Waals surface area contributed by atoms with Gasteiger partial charge in [-0.25, -0.2) is 4.98 Å². The number of Topliss-reactive ketones (excluding diaryl/α,β-unsaturated/α-hetero) is 1. The molecule has 0 fully saturated rings. The second-order valence-electron chi connectivity index (χ2n) is 4.91. The van der Waals surface area contributed by atoms with Crippen molar-refractivity contribution in [2.24, 2.45) is 0 Å². The van der Waals surface area contributed by atoms with E-state index in [1.54, 1.807) is 0 Å². The summed E-state index contributed by atoms with van der Waals surface area (Å²) in [5.41, 5.74) is 1.99. The van der Waals surface area contributed by atoms with Crippen molar-refractivity contribution in [1.29, 1.82) is 0 Å². The molecule has 0 atom stereocenters. The fraction of sp³-hybridized carbons (Fsp3) is 0.400. The Kier molecular flexibility index (Phi) is 4.95. The topological polar surface area (TPSA) is 58.6 Å². The number of nitrogens with zero attached hydrogens (tertiary/aromatic N) is 2. The third kappa shape index (κ3) is 3.70. The third-order valence-corrected chi connectivity index (χ3v) is 3.93. The molecule has 2 rings (SSSR count). The Hall–Kier alpha value is -1.62. The first-order valence-electron chi connectivity index (χ1n) is 6.77. The molecule has 0 saturated carbocycles. The lowest BCUT2D eigenvalue weighted by atomic mass is 10.0. The number of nitrogens with one attached hydrogen (secondary N) is 1. The fourth-order valence-corrected chi connectivity index (χ4v) is 2.48. The van der Waals surface area contributed by atoms with Gasteiger partial charge >= 0.3 is 0 Å². The van der Waals surface area contributed by atoms with Crippen LogP contribution in [0.3, 0.4) is 0 Å². The Morgan fingerprint density at radius 2 is 2.00 bits per heavy atom. The number of carbonyl (C=O) groups is 1. The molecule has 0 unspecified atom stereocenters. The lowest BCUT2D eigenvalue weighted by Crippen LogP contribution is -2.03. The SMILES string of the molecule is CCc1nc(SCC(=O)c2ccc(C(C)C)cc2)n[nH]1. The number of hydrogen-bond donors (Lipinski definition) is 1. The summed E-state index contributed by atoms with van der Waals surface area (Å²) in [6.45, 7) is 6.29. The molecular formula is C15H19N3OS. The molecule has 20 heavy (non-hydrogen) atoms. The molecule has 0 aliphatic heterocycles. The van der Waals surface area contributed by atoms with Crippen LogP contribution < -0.4 is 0 Å². The molecule has 0 bridgehead atoms. The second kappa shape index (κ2) is 6.70. The van der Waals surface area contributed by atoms with Crippen molar-refractivity contribution in [3.8, 4) is 0 Å². The number of thioether (sulfide) groups is 1. The Labute approximate surface area is 123 Å². The molecule has 106 valence electrons. The summed E-state index contributed by atoms with van der Waals surface area (Å²) in [6, 6.07) is 7.83. The molecule has 5 heteroatoms. The Balaban J connectivity index is 1.94. The number of benzene rings is 1. The number of rotatable bonds is 6. The molecule has 1 heterocycles. The van der Waals surface area contributed by atoms with Crippen LogP contribution in [0, 0.1) is 0 Å². The van der Waals surface area contributed by atoms with Gasteiger partial charge in [-0.3, -0.25) is 9.89 Å². The second-order valence-corrected chi connectivity index (χ2v) is 5.85. The van der Waals surface area contributed by atoms with Crippen molar-refractivity contribution in [2.45, 2.75) is 38.3 Å². The van der Waals surface area contributed by atoms with E-state index < -0.39 is 0 Å². The predicted octanol–water partition coefficient (Wildman–Crippen LogP) is 3.47. The van der Waals surface area contributed by atoms with E-state index in [4.69, 9.17) is 0 Å². The summed E-state index contributed by atoms with van der Waals surface area (Å²) >= 11 is 1.37. The highest BCUT2D eigenvalue weighted by Gasteiger charge is 2.10. The minimum atomic E-state index is 0.105. The summed E-state index contributed by atoms with van der Waals surface area (Å²) in [4.78, 5) is 16.4. The molecule has 0 amide bonds. The largest absolute Gasteiger partial charge is 0.293 e. The molecule has 4 nitrogen and oxygen atoms in total. The van der Waals surface area contributed by atoms with E-state index in [2.05, 4.69) is 29.0 Å². The van der Waals surface area contributed by atoms with Crippen LogP contribution >= 0.6 is 11.8 Å². The fourth-order valence-electron chi connectivity index (χ4n) is 1.77. The molecule has 1 aromatic carbocycles. The zero-order chi connectivity index (χ0) is 14.5. The van der Waals surface area contributed by atoms with Crippen molar-refractivity contribution in [2.75, 3.05) is 5.75 Å².